The number of nitrogens with one attached hydrogen (secondary N) is 2. The van der Waals surface area contributed by atoms with E-state index in [1.807, 2.05) is 66.9 Å². The summed E-state index contributed by atoms with van der Waals surface area (Å²) in [6, 6.07) is 22.1. The van der Waals surface area contributed by atoms with Gasteiger partial charge in [0.15, 0.2) is 0 Å². The molecule has 8 nitrogen and oxygen atoms in total. The van der Waals surface area contributed by atoms with Crippen LogP contribution in [-0.4, -0.2) is 40.5 Å². The predicted octanol–water partition coefficient (Wildman–Crippen LogP) is 3.83. The van der Waals surface area contributed by atoms with E-state index in [1.54, 1.807) is 35.0 Å². The van der Waals surface area contributed by atoms with Crippen LogP contribution in [0.3, 0.4) is 0 Å². The van der Waals surface area contributed by atoms with Crippen LogP contribution in [0.25, 0.3) is 22.3 Å². The Bertz CT molecular complexity index is 1440. The second-order valence-electron chi connectivity index (χ2n) is 8.33. The summed E-state index contributed by atoms with van der Waals surface area (Å²) in [7, 11) is 0. The first-order chi connectivity index (χ1) is 17.5. The molecule has 0 bridgehead atoms. The fourth-order valence-electron chi connectivity index (χ4n) is 4.19. The Hall–Kier alpha value is -4.24. The molecule has 9 heteroatoms. The number of thioether (sulfide) groups is 1. The summed E-state index contributed by atoms with van der Waals surface area (Å²) in [4.78, 5) is 50.2. The summed E-state index contributed by atoms with van der Waals surface area (Å²) < 4.78 is 0. The van der Waals surface area contributed by atoms with Crippen molar-refractivity contribution in [1.82, 2.24) is 20.8 Å². The molecule has 2 N–H and O–H groups in total. The van der Waals surface area contributed by atoms with Crippen molar-refractivity contribution < 1.29 is 14.4 Å². The number of benzene rings is 2. The molecule has 1 fully saturated rings. The average molecular weight is 498 g/mol. The third-order valence-electron chi connectivity index (χ3n) is 6.07. The molecule has 1 aliphatic rings. The van der Waals surface area contributed by atoms with Gasteiger partial charge in [-0.3, -0.25) is 30.2 Å². The van der Waals surface area contributed by atoms with Gasteiger partial charge in [0, 0.05) is 35.1 Å². The molecule has 1 aliphatic heterocycles. The van der Waals surface area contributed by atoms with Crippen LogP contribution in [0.15, 0.2) is 83.9 Å². The van der Waals surface area contributed by atoms with Crippen molar-refractivity contribution in [3.63, 3.8) is 0 Å². The molecule has 0 radical (unpaired) electrons. The van der Waals surface area contributed by atoms with Gasteiger partial charge in [-0.2, -0.15) is 0 Å². The highest BCUT2D eigenvalue weighted by atomic mass is 32.2. The average Bonchev–Trinajstić information content (AvgIpc) is 3.33. The molecule has 4 aromatic rings. The van der Waals surface area contributed by atoms with E-state index in [-0.39, 0.29) is 18.9 Å². The van der Waals surface area contributed by atoms with E-state index in [4.69, 9.17) is 0 Å². The van der Waals surface area contributed by atoms with E-state index in [2.05, 4.69) is 20.8 Å². The minimum absolute atomic E-state index is 0.0774. The number of para-hydroxylation sites is 1. The van der Waals surface area contributed by atoms with Gasteiger partial charge in [0.1, 0.15) is 0 Å². The summed E-state index contributed by atoms with van der Waals surface area (Å²) in [5.74, 6) is -1.59. The van der Waals surface area contributed by atoms with Crippen LogP contribution in [0, 0.1) is 5.92 Å². The standard InChI is InChI=1S/C27H23N5O3S/c1-36-19-11-9-18(10-12-19)32-16-17(14-25(32)33)26(34)30-31-27(35)21-15-24(23-8-4-5-13-28-23)29-22-7-3-2-6-20(21)22/h2-13,15,17H,14,16H2,1H3,(H,30,34)(H,31,35)/t17-/m1/s1. The van der Waals surface area contributed by atoms with Crippen LogP contribution >= 0.6 is 11.8 Å². The summed E-state index contributed by atoms with van der Waals surface area (Å²) >= 11 is 1.62. The zero-order valence-electron chi connectivity index (χ0n) is 19.5. The minimum atomic E-state index is -0.573. The number of anilines is 1. The van der Waals surface area contributed by atoms with Crippen molar-refractivity contribution in [1.29, 1.82) is 0 Å². The van der Waals surface area contributed by atoms with E-state index in [0.717, 1.165) is 10.6 Å². The van der Waals surface area contributed by atoms with E-state index >= 15 is 0 Å². The van der Waals surface area contributed by atoms with Crippen LogP contribution in [0.1, 0.15) is 16.8 Å². The number of hydrogen-bond donors (Lipinski definition) is 2. The number of aromatic nitrogens is 2. The Morgan fingerprint density at radius 3 is 2.50 bits per heavy atom. The number of rotatable bonds is 5. The summed E-state index contributed by atoms with van der Waals surface area (Å²) in [5, 5.41) is 0.653. The molecule has 180 valence electrons. The van der Waals surface area contributed by atoms with Crippen LogP contribution < -0.4 is 15.8 Å². The quantitative estimate of drug-likeness (QED) is 0.321. The number of carbonyl (C=O) groups is 3. The highest BCUT2D eigenvalue weighted by Crippen LogP contribution is 2.27. The lowest BCUT2D eigenvalue weighted by Gasteiger charge is -2.17. The maximum absolute atomic E-state index is 13.1. The molecule has 0 spiro atoms. The molecule has 3 amide bonds. The van der Waals surface area contributed by atoms with E-state index in [1.165, 1.54) is 0 Å². The van der Waals surface area contributed by atoms with Gasteiger partial charge in [0.25, 0.3) is 5.91 Å². The lowest BCUT2D eigenvalue weighted by Crippen LogP contribution is -2.45. The minimum Gasteiger partial charge on any atom is -0.312 e. The first kappa shape index (κ1) is 23.5. The van der Waals surface area contributed by atoms with Gasteiger partial charge in [0.2, 0.25) is 11.8 Å². The molecule has 0 saturated carbocycles. The predicted molar refractivity (Wildman–Crippen MR) is 139 cm³/mol. The van der Waals surface area contributed by atoms with Crippen LogP contribution in [0.5, 0.6) is 0 Å². The highest BCUT2D eigenvalue weighted by Gasteiger charge is 2.35. The maximum Gasteiger partial charge on any atom is 0.270 e. The lowest BCUT2D eigenvalue weighted by molar-refractivity contribution is -0.126. The van der Waals surface area contributed by atoms with E-state index in [9.17, 15) is 14.4 Å². The zero-order valence-corrected chi connectivity index (χ0v) is 20.3. The van der Waals surface area contributed by atoms with Gasteiger partial charge < -0.3 is 4.90 Å². The first-order valence-corrected chi connectivity index (χ1v) is 12.6. The second kappa shape index (κ2) is 10.2. The smallest absolute Gasteiger partial charge is 0.270 e. The largest absolute Gasteiger partial charge is 0.312 e. The Labute approximate surface area is 212 Å². The number of hydrazine groups is 1. The number of amides is 3. The topological polar surface area (TPSA) is 104 Å². The molecule has 1 atom stereocenters. The van der Waals surface area contributed by atoms with Crippen molar-refractivity contribution in [2.24, 2.45) is 5.92 Å². The molecule has 36 heavy (non-hydrogen) atoms. The number of hydrogen-bond acceptors (Lipinski definition) is 6. The number of pyridine rings is 2. The van der Waals surface area contributed by atoms with Gasteiger partial charge >= 0.3 is 0 Å². The third kappa shape index (κ3) is 4.78. The zero-order chi connectivity index (χ0) is 25.1. The van der Waals surface area contributed by atoms with Crippen molar-refractivity contribution in [3.05, 3.63) is 84.6 Å². The summed E-state index contributed by atoms with van der Waals surface area (Å²) in [6.45, 7) is 0.251. The summed E-state index contributed by atoms with van der Waals surface area (Å²) in [6.07, 6.45) is 3.72. The van der Waals surface area contributed by atoms with Crippen molar-refractivity contribution >= 4 is 46.1 Å². The highest BCUT2D eigenvalue weighted by molar-refractivity contribution is 7.98. The molecule has 0 unspecified atom stereocenters. The molecule has 2 aromatic carbocycles. The number of fused-ring (bicyclic) bond motifs is 1. The lowest BCUT2D eigenvalue weighted by atomic mass is 10.1. The van der Waals surface area contributed by atoms with Crippen LogP contribution in [0.2, 0.25) is 0 Å². The molecule has 5 rings (SSSR count). The van der Waals surface area contributed by atoms with Crippen molar-refractivity contribution in [2.45, 2.75) is 11.3 Å². The third-order valence-corrected chi connectivity index (χ3v) is 6.81. The molecule has 3 heterocycles. The second-order valence-corrected chi connectivity index (χ2v) is 9.21. The van der Waals surface area contributed by atoms with Gasteiger partial charge in [-0.1, -0.05) is 24.3 Å². The Kier molecular flexibility index (Phi) is 6.64. The number of carbonyl (C=O) groups excluding carboxylic acids is 3. The van der Waals surface area contributed by atoms with Crippen LogP contribution in [-0.2, 0) is 9.59 Å². The van der Waals surface area contributed by atoms with Crippen molar-refractivity contribution in [2.75, 3.05) is 17.7 Å². The molecule has 1 saturated heterocycles. The van der Waals surface area contributed by atoms with Gasteiger partial charge in [-0.15, -0.1) is 11.8 Å². The normalized spacial score (nSPS) is 15.2. The van der Waals surface area contributed by atoms with Crippen LogP contribution in [0.4, 0.5) is 5.69 Å². The van der Waals surface area contributed by atoms with Gasteiger partial charge in [-0.25, -0.2) is 4.98 Å². The van der Waals surface area contributed by atoms with E-state index < -0.39 is 17.7 Å². The molecule has 2 aromatic heterocycles. The Morgan fingerprint density at radius 2 is 1.75 bits per heavy atom. The SMILES string of the molecule is CSc1ccc(N2C[C@H](C(=O)NNC(=O)c3cc(-c4ccccn4)nc4ccccc34)CC2=O)cc1. The molecular formula is C27H23N5O3S. The first-order valence-electron chi connectivity index (χ1n) is 11.4. The monoisotopic (exact) mass is 497 g/mol. The molecular weight excluding hydrogens is 474 g/mol. The van der Waals surface area contributed by atoms with Gasteiger partial charge in [0.05, 0.1) is 28.4 Å². The summed E-state index contributed by atoms with van der Waals surface area (Å²) in [5.41, 5.74) is 7.95. The van der Waals surface area contributed by atoms with E-state index in [0.29, 0.717) is 27.9 Å². The Morgan fingerprint density at radius 1 is 0.972 bits per heavy atom. The van der Waals surface area contributed by atoms with Crippen molar-refractivity contribution in [3.8, 4) is 11.4 Å². The fourth-order valence-corrected chi connectivity index (χ4v) is 4.60. The fraction of sp³-hybridized carbons (Fsp3) is 0.148. The molecule has 0 aliphatic carbocycles. The maximum atomic E-state index is 13.1. The Balaban J connectivity index is 1.30. The number of nitrogens with zero attached hydrogens (tertiary/aromatic N) is 3. The van der Waals surface area contributed by atoms with Gasteiger partial charge in [-0.05, 0) is 54.8 Å².